The Morgan fingerprint density at radius 3 is 1.54 bits per heavy atom. The van der Waals surface area contributed by atoms with E-state index in [9.17, 15) is 18.4 Å². The van der Waals surface area contributed by atoms with E-state index in [0.717, 1.165) is 61.4 Å². The van der Waals surface area contributed by atoms with Crippen molar-refractivity contribution in [3.63, 3.8) is 0 Å². The molecule has 52 heavy (non-hydrogen) atoms. The minimum absolute atomic E-state index is 0.0207. The lowest BCUT2D eigenvalue weighted by atomic mass is 9.95. The van der Waals surface area contributed by atoms with Gasteiger partial charge in [0.2, 0.25) is 0 Å². The summed E-state index contributed by atoms with van der Waals surface area (Å²) in [4.78, 5) is 27.4. The number of benzene rings is 4. The summed E-state index contributed by atoms with van der Waals surface area (Å²) in [6, 6.07) is 25.8. The molecule has 2 atom stereocenters. The zero-order chi connectivity index (χ0) is 36.2. The number of carboxylic acid groups (broad SMARTS) is 1. The van der Waals surface area contributed by atoms with Crippen molar-refractivity contribution in [1.82, 2.24) is 9.80 Å². The molecule has 0 radical (unpaired) electrons. The summed E-state index contributed by atoms with van der Waals surface area (Å²) in [6.45, 7) is 5.98. The Kier molecular flexibility index (Phi) is 10.8. The number of halogens is 2. The third-order valence-electron chi connectivity index (χ3n) is 10.6. The van der Waals surface area contributed by atoms with Gasteiger partial charge in [0.1, 0.15) is 36.3 Å². The highest BCUT2D eigenvalue weighted by atomic mass is 19.1. The van der Waals surface area contributed by atoms with Crippen molar-refractivity contribution in [1.29, 1.82) is 0 Å². The fraction of sp³-hybridized carbons (Fsp3) is 0.381. The summed E-state index contributed by atoms with van der Waals surface area (Å²) in [7, 11) is 0. The highest BCUT2D eigenvalue weighted by Gasteiger charge is 2.41. The van der Waals surface area contributed by atoms with Gasteiger partial charge in [0.05, 0.1) is 18.4 Å². The molecule has 4 aliphatic rings. The molecular weight excluding hydrogens is 666 g/mol. The molecule has 4 aromatic rings. The predicted molar refractivity (Wildman–Crippen MR) is 191 cm³/mol. The van der Waals surface area contributed by atoms with Gasteiger partial charge in [-0.25, -0.2) is 8.78 Å². The Morgan fingerprint density at radius 1 is 0.673 bits per heavy atom. The second kappa shape index (κ2) is 15.8. The lowest BCUT2D eigenvalue weighted by Crippen LogP contribution is -2.51. The molecule has 0 bridgehead atoms. The molecule has 2 aliphatic heterocycles. The molecule has 10 heteroatoms. The number of ether oxygens (including phenoxy) is 3. The van der Waals surface area contributed by atoms with Crippen molar-refractivity contribution >= 4 is 11.9 Å². The fourth-order valence-corrected chi connectivity index (χ4v) is 7.68. The van der Waals surface area contributed by atoms with Crippen molar-refractivity contribution in [2.75, 3.05) is 32.8 Å². The molecule has 0 saturated carbocycles. The van der Waals surface area contributed by atoms with E-state index in [-0.39, 0.29) is 29.4 Å². The number of hydrogen-bond donors (Lipinski definition) is 1. The first-order valence-electron chi connectivity index (χ1n) is 18.1. The summed E-state index contributed by atoms with van der Waals surface area (Å²) in [5.74, 6) is 0.203. The van der Waals surface area contributed by atoms with Crippen molar-refractivity contribution < 1.29 is 37.7 Å². The number of fused-ring (bicyclic) bond motifs is 2. The first kappa shape index (κ1) is 35.6. The Labute approximate surface area is 302 Å². The van der Waals surface area contributed by atoms with E-state index >= 15 is 0 Å². The smallest absolute Gasteiger partial charge is 0.311 e. The molecule has 0 amide bonds. The maximum Gasteiger partial charge on any atom is 0.311 e. The van der Waals surface area contributed by atoms with Crippen LogP contribution in [0.15, 0.2) is 84.9 Å². The molecule has 8 rings (SSSR count). The summed E-state index contributed by atoms with van der Waals surface area (Å²) in [5.41, 5.74) is 7.10. The summed E-state index contributed by atoms with van der Waals surface area (Å²) in [5, 5.41) is 9.03. The Balaban J connectivity index is 0.000000162. The van der Waals surface area contributed by atoms with Gasteiger partial charge in [0, 0.05) is 38.3 Å². The molecule has 2 heterocycles. The van der Waals surface area contributed by atoms with Gasteiger partial charge in [0.25, 0.3) is 0 Å². The molecule has 2 fully saturated rings. The van der Waals surface area contributed by atoms with Gasteiger partial charge >= 0.3 is 11.9 Å². The number of aryl methyl sites for hydroxylation is 2. The van der Waals surface area contributed by atoms with E-state index in [1.165, 1.54) is 46.5 Å². The normalized spacial score (nSPS) is 19.8. The van der Waals surface area contributed by atoms with E-state index in [0.29, 0.717) is 45.0 Å². The van der Waals surface area contributed by atoms with Crippen molar-refractivity contribution in [2.24, 2.45) is 11.8 Å². The van der Waals surface area contributed by atoms with Crippen LogP contribution >= 0.6 is 0 Å². The van der Waals surface area contributed by atoms with Crippen molar-refractivity contribution in [2.45, 2.75) is 57.9 Å². The fourth-order valence-electron chi connectivity index (χ4n) is 7.68. The van der Waals surface area contributed by atoms with Gasteiger partial charge in [-0.2, -0.15) is 0 Å². The maximum absolute atomic E-state index is 13.0. The van der Waals surface area contributed by atoms with Crippen LogP contribution in [0.1, 0.15) is 65.2 Å². The van der Waals surface area contributed by atoms with Crippen LogP contribution < -0.4 is 9.47 Å². The Morgan fingerprint density at radius 2 is 1.12 bits per heavy atom. The number of carbonyl (C=O) groups excluding carboxylic acids is 1. The molecular formula is C42H44F2N2O6. The van der Waals surface area contributed by atoms with Crippen LogP contribution in [0, 0.1) is 23.5 Å². The first-order chi connectivity index (χ1) is 25.2. The molecule has 2 saturated heterocycles. The highest BCUT2D eigenvalue weighted by Crippen LogP contribution is 2.42. The van der Waals surface area contributed by atoms with Crippen molar-refractivity contribution in [3.05, 3.63) is 130 Å². The number of carbonyl (C=O) groups is 2. The number of esters is 1. The van der Waals surface area contributed by atoms with Gasteiger partial charge in [-0.15, -0.1) is 0 Å². The quantitative estimate of drug-likeness (QED) is 0.163. The lowest BCUT2D eigenvalue weighted by Gasteiger charge is -2.42. The molecule has 1 N–H and O–H groups in total. The average Bonchev–Trinajstić information content (AvgIpc) is 3.71. The number of nitrogens with zero attached hydrogens (tertiary/aromatic N) is 2. The monoisotopic (exact) mass is 710 g/mol. The van der Waals surface area contributed by atoms with E-state index < -0.39 is 5.97 Å². The van der Waals surface area contributed by atoms with Crippen LogP contribution in [-0.4, -0.2) is 59.6 Å². The first-order valence-corrected chi connectivity index (χ1v) is 18.1. The summed E-state index contributed by atoms with van der Waals surface area (Å²) in [6.07, 6.45) is 4.12. The van der Waals surface area contributed by atoms with Crippen LogP contribution in [0.3, 0.4) is 0 Å². The standard InChI is InChI=1S/C22H24FNO3.C20H20FNO3/c1-2-26-22(25)17-12-24(13-17)21-10-5-16-11-19(8-9-20(16)21)27-14-15-3-6-18(23)7-4-15;21-16-4-1-13(2-5-16)12-25-17-6-7-18-14(9-17)3-8-19(18)22-10-15(11-22)20(23)24/h3-4,6-9,11,17,21H,2,5,10,12-14H2,1H3;1-2,4-7,9,15,19H,3,8,10-12H2,(H,23,24). The van der Waals surface area contributed by atoms with Crippen LogP contribution in [-0.2, 0) is 40.4 Å². The molecule has 8 nitrogen and oxygen atoms in total. The second-order valence-corrected chi connectivity index (χ2v) is 14.1. The van der Waals surface area contributed by atoms with Crippen LogP contribution in [0.2, 0.25) is 0 Å². The lowest BCUT2D eigenvalue weighted by molar-refractivity contribution is -0.155. The molecule has 4 aromatic carbocycles. The minimum Gasteiger partial charge on any atom is -0.489 e. The van der Waals surface area contributed by atoms with Crippen LogP contribution in [0.4, 0.5) is 8.78 Å². The third-order valence-corrected chi connectivity index (χ3v) is 10.6. The van der Waals surface area contributed by atoms with Gasteiger partial charge in [-0.3, -0.25) is 19.4 Å². The second-order valence-electron chi connectivity index (χ2n) is 14.1. The van der Waals surface area contributed by atoms with E-state index in [2.05, 4.69) is 34.1 Å². The van der Waals surface area contributed by atoms with Gasteiger partial charge < -0.3 is 19.3 Å². The zero-order valence-corrected chi connectivity index (χ0v) is 29.3. The molecule has 2 aliphatic carbocycles. The summed E-state index contributed by atoms with van der Waals surface area (Å²) >= 11 is 0. The SMILES string of the molecule is CCOC(=O)C1CN(C2CCc3cc(OCc4ccc(F)cc4)ccc32)C1.O=C(O)C1CN(C2CCc3cc(OCc4ccc(F)cc4)ccc32)C1. The zero-order valence-electron chi connectivity index (χ0n) is 29.3. The number of rotatable bonds is 11. The van der Waals surface area contributed by atoms with Crippen LogP contribution in [0.5, 0.6) is 11.5 Å². The molecule has 272 valence electrons. The molecule has 0 aromatic heterocycles. The Hall–Kier alpha value is -4.80. The largest absolute Gasteiger partial charge is 0.489 e. The number of hydrogen-bond acceptors (Lipinski definition) is 7. The molecule has 0 spiro atoms. The van der Waals surface area contributed by atoms with E-state index in [4.69, 9.17) is 19.3 Å². The third kappa shape index (κ3) is 8.13. The minimum atomic E-state index is -0.695. The van der Waals surface area contributed by atoms with Gasteiger partial charge in [-0.1, -0.05) is 36.4 Å². The van der Waals surface area contributed by atoms with Crippen molar-refractivity contribution in [3.8, 4) is 11.5 Å². The average molecular weight is 711 g/mol. The number of likely N-dealkylation sites (tertiary alicyclic amines) is 2. The van der Waals surface area contributed by atoms with Gasteiger partial charge in [-0.05, 0) is 115 Å². The number of aliphatic carboxylic acids is 1. The van der Waals surface area contributed by atoms with E-state index in [1.807, 2.05) is 19.1 Å². The predicted octanol–water partition coefficient (Wildman–Crippen LogP) is 7.30. The summed E-state index contributed by atoms with van der Waals surface area (Å²) < 4.78 is 42.7. The maximum atomic E-state index is 13.0. The van der Waals surface area contributed by atoms with Crippen LogP contribution in [0.25, 0.3) is 0 Å². The van der Waals surface area contributed by atoms with Gasteiger partial charge in [0.15, 0.2) is 0 Å². The molecule has 2 unspecified atom stereocenters. The highest BCUT2D eigenvalue weighted by molar-refractivity contribution is 5.74. The van der Waals surface area contributed by atoms with E-state index in [1.54, 1.807) is 24.3 Å². The topological polar surface area (TPSA) is 88.5 Å². The number of carboxylic acids is 1. The Bertz CT molecular complexity index is 1870.